The first kappa shape index (κ1) is 19.3. The Balaban J connectivity index is 1.50. The number of benzene rings is 1. The van der Waals surface area contributed by atoms with Gasteiger partial charge in [0.1, 0.15) is 17.0 Å². The number of aryl methyl sites for hydroxylation is 1. The van der Waals surface area contributed by atoms with Crippen LogP contribution in [0.1, 0.15) is 31.4 Å². The Hall–Kier alpha value is -3.00. The summed E-state index contributed by atoms with van der Waals surface area (Å²) in [5.41, 5.74) is 2.31. The van der Waals surface area contributed by atoms with E-state index in [9.17, 15) is 4.79 Å². The van der Waals surface area contributed by atoms with Crippen LogP contribution < -0.4 is 0 Å². The van der Waals surface area contributed by atoms with Crippen LogP contribution in [0.25, 0.3) is 22.7 Å². The van der Waals surface area contributed by atoms with Crippen molar-refractivity contribution in [2.45, 2.75) is 33.2 Å². The van der Waals surface area contributed by atoms with Gasteiger partial charge in [-0.05, 0) is 33.2 Å². The van der Waals surface area contributed by atoms with Gasteiger partial charge >= 0.3 is 5.97 Å². The second-order valence-electron chi connectivity index (χ2n) is 7.16. The van der Waals surface area contributed by atoms with E-state index in [4.69, 9.17) is 13.7 Å². The molecule has 152 valence electrons. The number of aromatic nitrogens is 3. The van der Waals surface area contributed by atoms with Gasteiger partial charge in [0.15, 0.2) is 0 Å². The number of rotatable bonds is 6. The van der Waals surface area contributed by atoms with Gasteiger partial charge in [-0.2, -0.15) is 0 Å². The van der Waals surface area contributed by atoms with E-state index in [2.05, 4.69) is 20.3 Å². The smallest absolute Gasteiger partial charge is 0.310 e. The quantitative estimate of drug-likeness (QED) is 0.585. The number of carbonyl (C=O) groups excluding carboxylic acids is 1. The van der Waals surface area contributed by atoms with Crippen molar-refractivity contribution < 1.29 is 18.5 Å². The minimum atomic E-state index is -0.129. The van der Waals surface area contributed by atoms with E-state index in [1.807, 2.05) is 44.2 Å². The molecule has 3 heterocycles. The maximum Gasteiger partial charge on any atom is 0.310 e. The molecule has 0 amide bonds. The van der Waals surface area contributed by atoms with E-state index in [1.54, 1.807) is 0 Å². The number of carbonyl (C=O) groups is 1. The Kier molecular flexibility index (Phi) is 5.71. The summed E-state index contributed by atoms with van der Waals surface area (Å²) < 4.78 is 16.5. The first-order chi connectivity index (χ1) is 14.2. The Morgan fingerprint density at radius 2 is 2.10 bits per heavy atom. The van der Waals surface area contributed by atoms with Crippen molar-refractivity contribution in [3.05, 3.63) is 42.0 Å². The molecule has 1 fully saturated rings. The molecule has 0 unspecified atom stereocenters. The standard InChI is InChI=1S/C21H24N4O4/c1-3-27-21(26)16-10-7-11-25(12-16)13-17-22-23-20(28-17)18-14(2)29-24-19(18)15-8-5-4-6-9-15/h4-6,8-9,16H,3,7,10-13H2,1-2H3/t16-/m1/s1. The van der Waals surface area contributed by atoms with E-state index in [0.717, 1.165) is 24.9 Å². The molecule has 4 rings (SSSR count). The highest BCUT2D eigenvalue weighted by molar-refractivity contribution is 5.77. The van der Waals surface area contributed by atoms with Crippen molar-refractivity contribution in [2.24, 2.45) is 5.92 Å². The van der Waals surface area contributed by atoms with Crippen molar-refractivity contribution in [3.63, 3.8) is 0 Å². The van der Waals surface area contributed by atoms with E-state index >= 15 is 0 Å². The van der Waals surface area contributed by atoms with Crippen LogP contribution in [0, 0.1) is 12.8 Å². The molecule has 2 aromatic heterocycles. The van der Waals surface area contributed by atoms with Crippen molar-refractivity contribution in [1.29, 1.82) is 0 Å². The first-order valence-corrected chi connectivity index (χ1v) is 9.89. The van der Waals surface area contributed by atoms with Crippen LogP contribution in [0.4, 0.5) is 0 Å². The number of nitrogens with zero attached hydrogens (tertiary/aromatic N) is 4. The number of likely N-dealkylation sites (tertiary alicyclic amines) is 1. The predicted octanol–water partition coefficient (Wildman–Crippen LogP) is 3.48. The summed E-state index contributed by atoms with van der Waals surface area (Å²) in [6.45, 7) is 6.08. The number of hydrogen-bond donors (Lipinski definition) is 0. The molecule has 0 saturated carbocycles. The third-order valence-corrected chi connectivity index (χ3v) is 5.07. The monoisotopic (exact) mass is 396 g/mol. The molecule has 0 aliphatic carbocycles. The molecule has 0 bridgehead atoms. The molecule has 0 spiro atoms. The highest BCUT2D eigenvalue weighted by Crippen LogP contribution is 2.33. The zero-order chi connectivity index (χ0) is 20.2. The molecule has 8 nitrogen and oxygen atoms in total. The molecule has 1 saturated heterocycles. The summed E-state index contributed by atoms with van der Waals surface area (Å²) in [6, 6.07) is 9.75. The highest BCUT2D eigenvalue weighted by Gasteiger charge is 2.28. The lowest BCUT2D eigenvalue weighted by Crippen LogP contribution is -2.39. The van der Waals surface area contributed by atoms with Crippen LogP contribution in [0.5, 0.6) is 0 Å². The summed E-state index contributed by atoms with van der Waals surface area (Å²) >= 11 is 0. The summed E-state index contributed by atoms with van der Waals surface area (Å²) in [5, 5.41) is 12.6. The van der Waals surface area contributed by atoms with Crippen molar-refractivity contribution in [2.75, 3.05) is 19.7 Å². The molecule has 1 aromatic carbocycles. The van der Waals surface area contributed by atoms with Gasteiger partial charge in [0.05, 0.1) is 19.1 Å². The van der Waals surface area contributed by atoms with Crippen LogP contribution in [0.2, 0.25) is 0 Å². The molecule has 29 heavy (non-hydrogen) atoms. The first-order valence-electron chi connectivity index (χ1n) is 9.89. The van der Waals surface area contributed by atoms with Gasteiger partial charge in [0.25, 0.3) is 5.89 Å². The summed E-state index contributed by atoms with van der Waals surface area (Å²) in [6.07, 6.45) is 1.79. The lowest BCUT2D eigenvalue weighted by Gasteiger charge is -2.30. The molecule has 0 radical (unpaired) electrons. The minimum Gasteiger partial charge on any atom is -0.466 e. The Bertz CT molecular complexity index is 966. The fourth-order valence-corrected chi connectivity index (χ4v) is 3.68. The summed E-state index contributed by atoms with van der Waals surface area (Å²) in [7, 11) is 0. The van der Waals surface area contributed by atoms with Gasteiger partial charge in [0.2, 0.25) is 5.89 Å². The van der Waals surface area contributed by atoms with E-state index in [0.29, 0.717) is 48.5 Å². The van der Waals surface area contributed by atoms with Crippen LogP contribution in [-0.2, 0) is 16.1 Å². The predicted molar refractivity (Wildman–Crippen MR) is 105 cm³/mol. The van der Waals surface area contributed by atoms with Crippen LogP contribution >= 0.6 is 0 Å². The molecule has 3 aromatic rings. The molecule has 8 heteroatoms. The largest absolute Gasteiger partial charge is 0.466 e. The second-order valence-corrected chi connectivity index (χ2v) is 7.16. The van der Waals surface area contributed by atoms with E-state index < -0.39 is 0 Å². The van der Waals surface area contributed by atoms with Gasteiger partial charge in [-0.1, -0.05) is 35.5 Å². The summed E-state index contributed by atoms with van der Waals surface area (Å²) in [5.74, 6) is 1.28. The fourth-order valence-electron chi connectivity index (χ4n) is 3.68. The van der Waals surface area contributed by atoms with Crippen molar-refractivity contribution in [3.8, 4) is 22.7 Å². The Labute approximate surface area is 168 Å². The normalized spacial score (nSPS) is 17.4. The van der Waals surface area contributed by atoms with Gasteiger partial charge < -0.3 is 13.7 Å². The number of hydrogen-bond acceptors (Lipinski definition) is 8. The van der Waals surface area contributed by atoms with Crippen molar-refractivity contribution in [1.82, 2.24) is 20.3 Å². The lowest BCUT2D eigenvalue weighted by atomic mass is 9.98. The van der Waals surface area contributed by atoms with Gasteiger partial charge in [-0.15, -0.1) is 10.2 Å². The van der Waals surface area contributed by atoms with Crippen molar-refractivity contribution >= 4 is 5.97 Å². The molecular formula is C21H24N4O4. The molecule has 1 aliphatic rings. The zero-order valence-corrected chi connectivity index (χ0v) is 16.6. The SMILES string of the molecule is CCOC(=O)[C@@H]1CCCN(Cc2nnc(-c3c(-c4ccccc4)noc3C)o2)C1. The third kappa shape index (κ3) is 4.22. The fraction of sp³-hybridized carbons (Fsp3) is 0.429. The Morgan fingerprint density at radius 1 is 1.28 bits per heavy atom. The van der Waals surface area contributed by atoms with Gasteiger partial charge in [0, 0.05) is 12.1 Å². The third-order valence-electron chi connectivity index (χ3n) is 5.07. The Morgan fingerprint density at radius 3 is 2.90 bits per heavy atom. The maximum atomic E-state index is 12.0. The maximum absolute atomic E-state index is 12.0. The van der Waals surface area contributed by atoms with Crippen LogP contribution in [0.15, 0.2) is 39.3 Å². The topological polar surface area (TPSA) is 94.5 Å². The number of esters is 1. The number of piperidine rings is 1. The average Bonchev–Trinajstić information content (AvgIpc) is 3.35. The molecule has 1 atom stereocenters. The van der Waals surface area contributed by atoms with E-state index in [-0.39, 0.29) is 11.9 Å². The second kappa shape index (κ2) is 8.57. The van der Waals surface area contributed by atoms with Gasteiger partial charge in [-0.3, -0.25) is 9.69 Å². The van der Waals surface area contributed by atoms with Crippen LogP contribution in [0.3, 0.4) is 0 Å². The molecule has 1 aliphatic heterocycles. The highest BCUT2D eigenvalue weighted by atomic mass is 16.5. The number of ether oxygens (including phenoxy) is 1. The zero-order valence-electron chi connectivity index (χ0n) is 16.6. The lowest BCUT2D eigenvalue weighted by molar-refractivity contribution is -0.150. The molecular weight excluding hydrogens is 372 g/mol. The summed E-state index contributed by atoms with van der Waals surface area (Å²) in [4.78, 5) is 14.2. The van der Waals surface area contributed by atoms with E-state index in [1.165, 1.54) is 0 Å². The van der Waals surface area contributed by atoms with Gasteiger partial charge in [-0.25, -0.2) is 0 Å². The average molecular weight is 396 g/mol. The minimum absolute atomic E-state index is 0.101. The molecule has 0 N–H and O–H groups in total. The van der Waals surface area contributed by atoms with Crippen LogP contribution in [-0.4, -0.2) is 45.9 Å².